The Bertz CT molecular complexity index is 315. The normalized spacial score (nSPS) is 25.5. The Hall–Kier alpha value is -0.470. The predicted molar refractivity (Wildman–Crippen MR) is 67.3 cm³/mol. The molecule has 1 aromatic rings. The molecule has 3 N–H and O–H groups in total. The molecular formula is C9H14IN5. The maximum atomic E-state index is 4.19. The molecule has 1 aliphatic heterocycles. The summed E-state index contributed by atoms with van der Waals surface area (Å²) < 4.78 is 1.05. The van der Waals surface area contributed by atoms with Crippen LogP contribution in [0.1, 0.15) is 6.92 Å². The van der Waals surface area contributed by atoms with Gasteiger partial charge in [0, 0.05) is 41.0 Å². The monoisotopic (exact) mass is 319 g/mol. The number of hydrogen-bond acceptors (Lipinski definition) is 5. The van der Waals surface area contributed by atoms with Crippen LogP contribution in [0.3, 0.4) is 0 Å². The molecule has 0 saturated carbocycles. The highest BCUT2D eigenvalue weighted by Crippen LogP contribution is 2.08. The third kappa shape index (κ3) is 2.99. The average molecular weight is 319 g/mol. The number of anilines is 1. The number of hydrazine groups is 1. The van der Waals surface area contributed by atoms with Gasteiger partial charge in [-0.25, -0.2) is 9.97 Å². The number of hydrogen-bond donors (Lipinski definition) is 3. The van der Waals surface area contributed by atoms with E-state index in [9.17, 15) is 0 Å². The second-order valence-corrected chi connectivity index (χ2v) is 4.93. The summed E-state index contributed by atoms with van der Waals surface area (Å²) in [7, 11) is 0. The minimum absolute atomic E-state index is 0.487. The van der Waals surface area contributed by atoms with E-state index in [1.165, 1.54) is 0 Å². The first-order chi connectivity index (χ1) is 7.25. The Morgan fingerprint density at radius 1 is 1.53 bits per heavy atom. The van der Waals surface area contributed by atoms with Crippen molar-refractivity contribution in [1.29, 1.82) is 0 Å². The van der Waals surface area contributed by atoms with Gasteiger partial charge in [0.15, 0.2) is 0 Å². The van der Waals surface area contributed by atoms with Gasteiger partial charge in [-0.05, 0) is 29.5 Å². The lowest BCUT2D eigenvalue weighted by Gasteiger charge is -2.13. The molecule has 0 radical (unpaired) electrons. The van der Waals surface area contributed by atoms with Gasteiger partial charge in [-0.15, -0.1) is 0 Å². The first-order valence-corrected chi connectivity index (χ1v) is 6.03. The van der Waals surface area contributed by atoms with Crippen LogP contribution in [0.15, 0.2) is 12.4 Å². The van der Waals surface area contributed by atoms with Crippen LogP contribution in [0.25, 0.3) is 0 Å². The van der Waals surface area contributed by atoms with Crippen LogP contribution < -0.4 is 16.2 Å². The molecule has 1 saturated heterocycles. The van der Waals surface area contributed by atoms with E-state index in [-0.39, 0.29) is 0 Å². The van der Waals surface area contributed by atoms with Gasteiger partial charge < -0.3 is 5.32 Å². The van der Waals surface area contributed by atoms with Crippen LogP contribution >= 0.6 is 22.6 Å². The third-order valence-corrected chi connectivity index (χ3v) is 3.10. The van der Waals surface area contributed by atoms with Gasteiger partial charge in [0.2, 0.25) is 5.95 Å². The maximum absolute atomic E-state index is 4.19. The van der Waals surface area contributed by atoms with Gasteiger partial charge >= 0.3 is 0 Å². The zero-order valence-electron chi connectivity index (χ0n) is 8.50. The molecule has 5 nitrogen and oxygen atoms in total. The van der Waals surface area contributed by atoms with Crippen LogP contribution in [0.4, 0.5) is 5.95 Å². The van der Waals surface area contributed by atoms with Gasteiger partial charge in [-0.3, -0.25) is 10.9 Å². The summed E-state index contributed by atoms with van der Waals surface area (Å²) in [5.74, 6) is 1.28. The third-order valence-electron chi connectivity index (χ3n) is 2.54. The van der Waals surface area contributed by atoms with Gasteiger partial charge in [-0.1, -0.05) is 0 Å². The van der Waals surface area contributed by atoms with Crippen molar-refractivity contribution < 1.29 is 0 Å². The van der Waals surface area contributed by atoms with Crippen LogP contribution in [0, 0.1) is 9.49 Å². The quantitative estimate of drug-likeness (QED) is 0.713. The average Bonchev–Trinajstić information content (AvgIpc) is 2.63. The molecule has 6 heteroatoms. The summed E-state index contributed by atoms with van der Waals surface area (Å²) in [5.41, 5.74) is 6.32. The molecule has 0 spiro atoms. The lowest BCUT2D eigenvalue weighted by molar-refractivity contribution is 0.508. The number of aromatic nitrogens is 2. The highest BCUT2D eigenvalue weighted by molar-refractivity contribution is 14.1. The summed E-state index contributed by atoms with van der Waals surface area (Å²) in [6.45, 7) is 4.04. The van der Waals surface area contributed by atoms with Crippen molar-refractivity contribution in [2.24, 2.45) is 5.92 Å². The fourth-order valence-corrected chi connectivity index (χ4v) is 1.80. The van der Waals surface area contributed by atoms with Crippen molar-refractivity contribution in [2.45, 2.75) is 13.0 Å². The molecule has 2 atom stereocenters. The molecule has 2 unspecified atom stereocenters. The van der Waals surface area contributed by atoms with Gasteiger partial charge in [0.25, 0.3) is 0 Å². The summed E-state index contributed by atoms with van der Waals surface area (Å²) in [6.07, 6.45) is 3.62. The van der Waals surface area contributed by atoms with Crippen molar-refractivity contribution in [3.05, 3.63) is 16.0 Å². The van der Waals surface area contributed by atoms with E-state index in [4.69, 9.17) is 0 Å². The van der Waals surface area contributed by atoms with E-state index in [2.05, 4.69) is 55.7 Å². The topological polar surface area (TPSA) is 61.9 Å². The second-order valence-electron chi connectivity index (χ2n) is 3.68. The molecule has 0 amide bonds. The molecule has 15 heavy (non-hydrogen) atoms. The molecule has 0 aliphatic carbocycles. The standard InChI is InChI=1S/C9H14IN5/c1-6-7(3-14-15-6)2-11-9-12-4-8(10)5-13-9/h4-7,14-15H,2-3H2,1H3,(H,11,12,13). The Balaban J connectivity index is 1.85. The summed E-state index contributed by atoms with van der Waals surface area (Å²) in [4.78, 5) is 8.39. The summed E-state index contributed by atoms with van der Waals surface area (Å²) in [6, 6.07) is 0.487. The number of nitrogens with zero attached hydrogens (tertiary/aromatic N) is 2. The molecule has 82 valence electrons. The highest BCUT2D eigenvalue weighted by atomic mass is 127. The van der Waals surface area contributed by atoms with E-state index in [0.29, 0.717) is 17.9 Å². The molecule has 2 rings (SSSR count). The Labute approximate surface area is 103 Å². The SMILES string of the molecule is CC1NNCC1CNc1ncc(I)cn1. The lowest BCUT2D eigenvalue weighted by atomic mass is 10.0. The Morgan fingerprint density at radius 2 is 2.27 bits per heavy atom. The van der Waals surface area contributed by atoms with E-state index in [1.54, 1.807) is 0 Å². The highest BCUT2D eigenvalue weighted by Gasteiger charge is 2.22. The van der Waals surface area contributed by atoms with E-state index in [1.807, 2.05) is 12.4 Å². The van der Waals surface area contributed by atoms with Gasteiger partial charge in [0.05, 0.1) is 0 Å². The second kappa shape index (κ2) is 5.04. The van der Waals surface area contributed by atoms with Crippen molar-refractivity contribution >= 4 is 28.5 Å². The maximum Gasteiger partial charge on any atom is 0.222 e. The number of halogens is 1. The summed E-state index contributed by atoms with van der Waals surface area (Å²) >= 11 is 2.19. The minimum atomic E-state index is 0.487. The van der Waals surface area contributed by atoms with E-state index in [0.717, 1.165) is 16.7 Å². The van der Waals surface area contributed by atoms with Crippen LogP contribution in [-0.4, -0.2) is 29.1 Å². The van der Waals surface area contributed by atoms with Gasteiger partial charge in [0.1, 0.15) is 0 Å². The zero-order valence-corrected chi connectivity index (χ0v) is 10.7. The molecule has 0 aromatic carbocycles. The first kappa shape index (κ1) is 11.0. The molecule has 2 heterocycles. The van der Waals surface area contributed by atoms with Crippen molar-refractivity contribution in [3.8, 4) is 0 Å². The molecule has 1 fully saturated rings. The predicted octanol–water partition coefficient (Wildman–Crippen LogP) is 0.606. The van der Waals surface area contributed by atoms with Crippen LogP contribution in [0.5, 0.6) is 0 Å². The lowest BCUT2D eigenvalue weighted by Crippen LogP contribution is -2.30. The number of rotatable bonds is 3. The molecule has 0 bridgehead atoms. The Morgan fingerprint density at radius 3 is 2.87 bits per heavy atom. The summed E-state index contributed by atoms with van der Waals surface area (Å²) in [5, 5.41) is 3.24. The van der Waals surface area contributed by atoms with Crippen molar-refractivity contribution in [1.82, 2.24) is 20.8 Å². The fraction of sp³-hybridized carbons (Fsp3) is 0.556. The van der Waals surface area contributed by atoms with Gasteiger partial charge in [-0.2, -0.15) is 0 Å². The number of nitrogens with one attached hydrogen (secondary N) is 3. The fourth-order valence-electron chi connectivity index (χ4n) is 1.52. The minimum Gasteiger partial charge on any atom is -0.354 e. The smallest absolute Gasteiger partial charge is 0.222 e. The molecular weight excluding hydrogens is 305 g/mol. The van der Waals surface area contributed by atoms with Crippen molar-refractivity contribution in [3.63, 3.8) is 0 Å². The zero-order chi connectivity index (χ0) is 10.7. The van der Waals surface area contributed by atoms with Crippen LogP contribution in [0.2, 0.25) is 0 Å². The molecule has 1 aromatic heterocycles. The molecule has 1 aliphatic rings. The van der Waals surface area contributed by atoms with Crippen LogP contribution in [-0.2, 0) is 0 Å². The Kier molecular flexibility index (Phi) is 3.71. The van der Waals surface area contributed by atoms with E-state index >= 15 is 0 Å². The van der Waals surface area contributed by atoms with E-state index < -0.39 is 0 Å². The van der Waals surface area contributed by atoms with Crippen molar-refractivity contribution in [2.75, 3.05) is 18.4 Å². The first-order valence-electron chi connectivity index (χ1n) is 4.95. The largest absolute Gasteiger partial charge is 0.354 e.